The van der Waals surface area contributed by atoms with Gasteiger partial charge in [-0.1, -0.05) is 25.4 Å². The minimum Gasteiger partial charge on any atom is -0.496 e. The summed E-state index contributed by atoms with van der Waals surface area (Å²) in [4.78, 5) is 12.4. The highest BCUT2D eigenvalue weighted by molar-refractivity contribution is 6.32. The van der Waals surface area contributed by atoms with Crippen LogP contribution in [0.25, 0.3) is 0 Å². The summed E-state index contributed by atoms with van der Waals surface area (Å²) >= 11 is 6.18. The van der Waals surface area contributed by atoms with Gasteiger partial charge in [0.2, 0.25) is 0 Å². The zero-order valence-corrected chi connectivity index (χ0v) is 18.5. The van der Waals surface area contributed by atoms with E-state index >= 15 is 0 Å². The van der Waals surface area contributed by atoms with Crippen molar-refractivity contribution in [1.82, 2.24) is 5.32 Å². The fourth-order valence-corrected chi connectivity index (χ4v) is 3.42. The maximum absolute atomic E-state index is 12.4. The average molecular weight is 404 g/mol. The summed E-state index contributed by atoms with van der Waals surface area (Å²) in [6.45, 7) is 12.1. The number of nitrogens with one attached hydrogen (secondary N) is 1. The van der Waals surface area contributed by atoms with Gasteiger partial charge in [0, 0.05) is 5.02 Å². The second-order valence-corrected chi connectivity index (χ2v) is 7.93. The Hall–Kier alpha value is -2.20. The van der Waals surface area contributed by atoms with Crippen LogP contribution in [-0.4, -0.2) is 19.6 Å². The standard InChI is InChI=1S/C23H30ClNO3/c1-13(2)19-11-20(14(3)10-21(19)27-7)17(6)25-22(26)12-28-18-8-15(4)23(24)16(5)9-18/h8-11,13,17H,12H2,1-7H3,(H,25,26)/t17-/m0/s1. The summed E-state index contributed by atoms with van der Waals surface area (Å²) < 4.78 is 11.2. The first-order valence-electron chi connectivity index (χ1n) is 9.51. The van der Waals surface area contributed by atoms with Crippen molar-refractivity contribution < 1.29 is 14.3 Å². The van der Waals surface area contributed by atoms with Gasteiger partial charge in [-0.15, -0.1) is 0 Å². The van der Waals surface area contributed by atoms with Crippen molar-refractivity contribution in [2.45, 2.75) is 53.5 Å². The van der Waals surface area contributed by atoms with E-state index in [0.29, 0.717) is 11.7 Å². The monoisotopic (exact) mass is 403 g/mol. The van der Waals surface area contributed by atoms with E-state index in [0.717, 1.165) is 38.6 Å². The topological polar surface area (TPSA) is 47.6 Å². The fourth-order valence-electron chi connectivity index (χ4n) is 3.31. The molecular formula is C23H30ClNO3. The fraction of sp³-hybridized carbons (Fsp3) is 0.435. The van der Waals surface area contributed by atoms with Gasteiger partial charge in [0.1, 0.15) is 11.5 Å². The van der Waals surface area contributed by atoms with E-state index in [9.17, 15) is 4.79 Å². The molecule has 0 aliphatic heterocycles. The number of hydrogen-bond donors (Lipinski definition) is 1. The molecule has 1 amide bonds. The minimum atomic E-state index is -0.168. The zero-order chi connectivity index (χ0) is 21.0. The second-order valence-electron chi connectivity index (χ2n) is 7.55. The van der Waals surface area contributed by atoms with Crippen LogP contribution in [0.2, 0.25) is 5.02 Å². The van der Waals surface area contributed by atoms with E-state index in [-0.39, 0.29) is 18.6 Å². The number of carbonyl (C=O) groups excluding carboxylic acids is 1. The number of carbonyl (C=O) groups is 1. The maximum Gasteiger partial charge on any atom is 0.258 e. The molecule has 4 nitrogen and oxygen atoms in total. The molecule has 0 saturated carbocycles. The first kappa shape index (κ1) is 22.1. The number of methoxy groups -OCH3 is 1. The van der Waals surface area contributed by atoms with Crippen molar-refractivity contribution in [2.75, 3.05) is 13.7 Å². The third-order valence-corrected chi connectivity index (χ3v) is 5.46. The van der Waals surface area contributed by atoms with E-state index in [4.69, 9.17) is 21.1 Å². The average Bonchev–Trinajstić information content (AvgIpc) is 2.63. The Morgan fingerprint density at radius 3 is 2.14 bits per heavy atom. The summed E-state index contributed by atoms with van der Waals surface area (Å²) in [5, 5.41) is 3.74. The van der Waals surface area contributed by atoms with Crippen molar-refractivity contribution in [3.63, 3.8) is 0 Å². The van der Waals surface area contributed by atoms with Crippen LogP contribution in [0.1, 0.15) is 60.5 Å². The number of ether oxygens (including phenoxy) is 2. The predicted molar refractivity (Wildman–Crippen MR) is 115 cm³/mol. The first-order valence-corrected chi connectivity index (χ1v) is 9.89. The highest BCUT2D eigenvalue weighted by Gasteiger charge is 2.17. The Balaban J connectivity index is 2.07. The van der Waals surface area contributed by atoms with Gasteiger partial charge in [0.05, 0.1) is 13.2 Å². The SMILES string of the molecule is COc1cc(C)c([C@H](C)NC(=O)COc2cc(C)c(Cl)c(C)c2)cc1C(C)C. The Labute approximate surface area is 173 Å². The molecule has 1 atom stereocenters. The third-order valence-electron chi connectivity index (χ3n) is 4.86. The second kappa shape index (κ2) is 9.33. The van der Waals surface area contributed by atoms with Crippen LogP contribution in [0, 0.1) is 20.8 Å². The zero-order valence-electron chi connectivity index (χ0n) is 17.8. The number of benzene rings is 2. The Morgan fingerprint density at radius 2 is 1.61 bits per heavy atom. The van der Waals surface area contributed by atoms with E-state index < -0.39 is 0 Å². The van der Waals surface area contributed by atoms with E-state index in [1.807, 2.05) is 45.9 Å². The van der Waals surface area contributed by atoms with Crippen LogP contribution in [-0.2, 0) is 4.79 Å². The van der Waals surface area contributed by atoms with Gasteiger partial charge in [-0.3, -0.25) is 4.79 Å². The molecule has 0 bridgehead atoms. The Morgan fingerprint density at radius 1 is 1.00 bits per heavy atom. The summed E-state index contributed by atoms with van der Waals surface area (Å²) in [6.07, 6.45) is 0. The summed E-state index contributed by atoms with van der Waals surface area (Å²) in [6, 6.07) is 7.70. The number of amides is 1. The molecule has 5 heteroatoms. The molecule has 0 aromatic heterocycles. The van der Waals surface area contributed by atoms with Crippen molar-refractivity contribution in [3.05, 3.63) is 57.1 Å². The van der Waals surface area contributed by atoms with Gasteiger partial charge in [-0.25, -0.2) is 0 Å². The molecule has 2 aromatic carbocycles. The van der Waals surface area contributed by atoms with Crippen LogP contribution in [0.15, 0.2) is 24.3 Å². The lowest BCUT2D eigenvalue weighted by molar-refractivity contribution is -0.123. The molecule has 0 aliphatic rings. The van der Waals surface area contributed by atoms with Crippen molar-refractivity contribution in [2.24, 2.45) is 0 Å². The number of rotatable bonds is 7. The van der Waals surface area contributed by atoms with Crippen LogP contribution in [0.5, 0.6) is 11.5 Å². The van der Waals surface area contributed by atoms with Crippen molar-refractivity contribution >= 4 is 17.5 Å². The normalized spacial score (nSPS) is 12.0. The van der Waals surface area contributed by atoms with Gasteiger partial charge in [-0.05, 0) is 85.7 Å². The predicted octanol–water partition coefficient (Wildman–Crippen LogP) is 5.65. The lowest BCUT2D eigenvalue weighted by Gasteiger charge is -2.21. The van der Waals surface area contributed by atoms with Crippen molar-refractivity contribution in [1.29, 1.82) is 0 Å². The molecule has 0 radical (unpaired) electrons. The molecule has 0 aliphatic carbocycles. The minimum absolute atomic E-state index is 0.0446. The van der Waals surface area contributed by atoms with Crippen LogP contribution in [0.3, 0.4) is 0 Å². The van der Waals surface area contributed by atoms with Gasteiger partial charge in [-0.2, -0.15) is 0 Å². The smallest absolute Gasteiger partial charge is 0.258 e. The summed E-state index contributed by atoms with van der Waals surface area (Å²) in [5.41, 5.74) is 5.16. The van der Waals surface area contributed by atoms with Gasteiger partial charge in [0.25, 0.3) is 5.91 Å². The number of hydrogen-bond acceptors (Lipinski definition) is 3. The van der Waals surface area contributed by atoms with E-state index in [1.54, 1.807) is 7.11 Å². The molecule has 0 unspecified atom stereocenters. The molecule has 152 valence electrons. The largest absolute Gasteiger partial charge is 0.496 e. The number of halogens is 1. The van der Waals surface area contributed by atoms with Crippen LogP contribution in [0.4, 0.5) is 0 Å². The molecule has 2 rings (SSSR count). The number of aryl methyl sites for hydroxylation is 3. The third kappa shape index (κ3) is 5.20. The van der Waals surface area contributed by atoms with Gasteiger partial charge >= 0.3 is 0 Å². The molecular weight excluding hydrogens is 374 g/mol. The van der Waals surface area contributed by atoms with E-state index in [1.165, 1.54) is 0 Å². The lowest BCUT2D eigenvalue weighted by Crippen LogP contribution is -2.31. The molecule has 0 spiro atoms. The molecule has 28 heavy (non-hydrogen) atoms. The highest BCUT2D eigenvalue weighted by atomic mass is 35.5. The summed E-state index contributed by atoms with van der Waals surface area (Å²) in [5.74, 6) is 1.69. The molecule has 0 saturated heterocycles. The molecule has 2 aromatic rings. The van der Waals surface area contributed by atoms with Gasteiger partial charge in [0.15, 0.2) is 6.61 Å². The molecule has 0 fully saturated rings. The van der Waals surface area contributed by atoms with Crippen LogP contribution >= 0.6 is 11.6 Å². The maximum atomic E-state index is 12.4. The van der Waals surface area contributed by atoms with E-state index in [2.05, 4.69) is 25.2 Å². The highest BCUT2D eigenvalue weighted by Crippen LogP contribution is 2.32. The van der Waals surface area contributed by atoms with Gasteiger partial charge < -0.3 is 14.8 Å². The van der Waals surface area contributed by atoms with Crippen LogP contribution < -0.4 is 14.8 Å². The Bertz CT molecular complexity index is 838. The Kier molecular flexibility index (Phi) is 7.36. The van der Waals surface area contributed by atoms with Crippen molar-refractivity contribution in [3.8, 4) is 11.5 Å². The molecule has 1 N–H and O–H groups in total. The summed E-state index contributed by atoms with van der Waals surface area (Å²) in [7, 11) is 1.68. The first-order chi connectivity index (χ1) is 13.1. The molecule has 0 heterocycles. The lowest BCUT2D eigenvalue weighted by atomic mass is 9.93. The quantitative estimate of drug-likeness (QED) is 0.649.